The van der Waals surface area contributed by atoms with Crippen molar-refractivity contribution in [2.75, 3.05) is 11.9 Å². The number of benzene rings is 1. The van der Waals surface area contributed by atoms with Crippen LogP contribution in [0.5, 0.6) is 5.75 Å². The van der Waals surface area contributed by atoms with Crippen LogP contribution in [0.2, 0.25) is 0 Å². The van der Waals surface area contributed by atoms with Crippen LogP contribution in [0.25, 0.3) is 0 Å². The van der Waals surface area contributed by atoms with E-state index in [9.17, 15) is 4.79 Å². The molecule has 0 unspecified atom stereocenters. The van der Waals surface area contributed by atoms with Gasteiger partial charge in [-0.3, -0.25) is 4.79 Å². The van der Waals surface area contributed by atoms with E-state index in [1.165, 1.54) is 17.7 Å². The molecule has 6 nitrogen and oxygen atoms in total. The summed E-state index contributed by atoms with van der Waals surface area (Å²) in [5.74, 6) is 0.582. The van der Waals surface area contributed by atoms with E-state index in [0.717, 1.165) is 0 Å². The van der Waals surface area contributed by atoms with Crippen LogP contribution in [0, 0.1) is 0 Å². The van der Waals surface area contributed by atoms with Gasteiger partial charge in [-0.15, -0.1) is 11.3 Å². The van der Waals surface area contributed by atoms with Gasteiger partial charge in [-0.25, -0.2) is 9.67 Å². The fourth-order valence-electron chi connectivity index (χ4n) is 1.87. The third-order valence-corrected chi connectivity index (χ3v) is 3.76. The van der Waals surface area contributed by atoms with E-state index in [4.69, 9.17) is 4.74 Å². The van der Waals surface area contributed by atoms with Gasteiger partial charge in [0.05, 0.1) is 11.4 Å². The van der Waals surface area contributed by atoms with Crippen LogP contribution in [0.3, 0.4) is 0 Å². The summed E-state index contributed by atoms with van der Waals surface area (Å²) in [6.45, 7) is 1.09. The first kappa shape index (κ1) is 14.3. The summed E-state index contributed by atoms with van der Waals surface area (Å²) in [6.07, 6.45) is 3.13. The molecular formula is C15H14N4O2S. The van der Waals surface area contributed by atoms with Gasteiger partial charge < -0.3 is 10.1 Å². The predicted octanol–water partition coefficient (Wildman–Crippen LogP) is 2.67. The molecule has 7 heteroatoms. The van der Waals surface area contributed by atoms with Gasteiger partial charge in [0.15, 0.2) is 0 Å². The molecule has 0 saturated carbocycles. The summed E-state index contributed by atoms with van der Waals surface area (Å²) in [6, 6.07) is 11.0. The van der Waals surface area contributed by atoms with Crippen molar-refractivity contribution >= 4 is 22.9 Å². The highest BCUT2D eigenvalue weighted by molar-refractivity contribution is 7.12. The molecule has 0 bridgehead atoms. The lowest BCUT2D eigenvalue weighted by Gasteiger charge is -2.08. The molecule has 2 aromatic heterocycles. The van der Waals surface area contributed by atoms with Crippen molar-refractivity contribution in [3.8, 4) is 5.75 Å². The molecule has 3 rings (SSSR count). The normalized spacial score (nSPS) is 10.4. The van der Waals surface area contributed by atoms with Crippen LogP contribution in [0.4, 0.5) is 5.69 Å². The molecule has 0 fully saturated rings. The number of carbonyl (C=O) groups excluding carboxylic acids is 1. The molecular weight excluding hydrogens is 300 g/mol. The predicted molar refractivity (Wildman–Crippen MR) is 84.2 cm³/mol. The average Bonchev–Trinajstić information content (AvgIpc) is 3.21. The van der Waals surface area contributed by atoms with Gasteiger partial charge in [-0.05, 0) is 23.6 Å². The standard InChI is InChI=1S/C15H14N4O2S/c20-15(14-5-2-8-22-14)18-12-3-1-4-13(9-12)21-7-6-19-11-16-10-17-19/h1-5,8-11H,6-7H2,(H,18,20). The summed E-state index contributed by atoms with van der Waals surface area (Å²) in [5, 5.41) is 8.73. The smallest absolute Gasteiger partial charge is 0.265 e. The Morgan fingerprint density at radius 1 is 1.32 bits per heavy atom. The lowest BCUT2D eigenvalue weighted by molar-refractivity contribution is 0.103. The minimum atomic E-state index is -0.116. The minimum Gasteiger partial charge on any atom is -0.492 e. The minimum absolute atomic E-state index is 0.116. The van der Waals surface area contributed by atoms with Gasteiger partial charge in [-0.2, -0.15) is 5.10 Å². The molecule has 2 heterocycles. The molecule has 1 N–H and O–H groups in total. The zero-order chi connectivity index (χ0) is 15.2. The van der Waals surface area contributed by atoms with Gasteiger partial charge in [-0.1, -0.05) is 12.1 Å². The fourth-order valence-corrected chi connectivity index (χ4v) is 2.49. The Morgan fingerprint density at radius 3 is 3.05 bits per heavy atom. The Bertz CT molecular complexity index is 726. The van der Waals surface area contributed by atoms with Crippen LogP contribution in [0.15, 0.2) is 54.4 Å². The lowest BCUT2D eigenvalue weighted by atomic mass is 10.3. The van der Waals surface area contributed by atoms with Gasteiger partial charge in [0, 0.05) is 11.8 Å². The highest BCUT2D eigenvalue weighted by Gasteiger charge is 2.07. The van der Waals surface area contributed by atoms with Crippen LogP contribution >= 0.6 is 11.3 Å². The van der Waals surface area contributed by atoms with Gasteiger partial charge >= 0.3 is 0 Å². The van der Waals surface area contributed by atoms with Crippen molar-refractivity contribution < 1.29 is 9.53 Å². The molecule has 0 aliphatic rings. The van der Waals surface area contributed by atoms with E-state index in [-0.39, 0.29) is 5.91 Å². The molecule has 0 aliphatic heterocycles. The number of amides is 1. The van der Waals surface area contributed by atoms with Crippen molar-refractivity contribution in [2.24, 2.45) is 0 Å². The third kappa shape index (κ3) is 3.70. The topological polar surface area (TPSA) is 69.0 Å². The first-order valence-corrected chi connectivity index (χ1v) is 7.59. The maximum absolute atomic E-state index is 12.0. The Morgan fingerprint density at radius 2 is 2.27 bits per heavy atom. The van der Waals surface area contributed by atoms with Crippen molar-refractivity contribution in [2.45, 2.75) is 6.54 Å². The monoisotopic (exact) mass is 314 g/mol. The number of hydrogen-bond acceptors (Lipinski definition) is 5. The SMILES string of the molecule is O=C(Nc1cccc(OCCn2cncn2)c1)c1cccs1. The molecule has 0 radical (unpaired) electrons. The van der Waals surface area contributed by atoms with E-state index < -0.39 is 0 Å². The number of hydrogen-bond donors (Lipinski definition) is 1. The quantitative estimate of drug-likeness (QED) is 0.759. The fraction of sp³-hybridized carbons (Fsp3) is 0.133. The number of aromatic nitrogens is 3. The van der Waals surface area contributed by atoms with Crippen LogP contribution < -0.4 is 10.1 Å². The summed E-state index contributed by atoms with van der Waals surface area (Å²) < 4.78 is 7.35. The highest BCUT2D eigenvalue weighted by atomic mass is 32.1. The third-order valence-electron chi connectivity index (χ3n) is 2.89. The number of carbonyl (C=O) groups is 1. The molecule has 112 valence electrons. The van der Waals surface area contributed by atoms with Crippen molar-refractivity contribution in [3.05, 3.63) is 59.3 Å². The molecule has 0 saturated heterocycles. The Kier molecular flexibility index (Phi) is 4.45. The Balaban J connectivity index is 1.56. The van der Waals surface area contributed by atoms with Gasteiger partial charge in [0.25, 0.3) is 5.91 Å². The molecule has 1 amide bonds. The summed E-state index contributed by atoms with van der Waals surface area (Å²) >= 11 is 1.41. The molecule has 0 atom stereocenters. The lowest BCUT2D eigenvalue weighted by Crippen LogP contribution is -2.11. The number of rotatable bonds is 6. The second kappa shape index (κ2) is 6.86. The van der Waals surface area contributed by atoms with Gasteiger partial charge in [0.2, 0.25) is 0 Å². The van der Waals surface area contributed by atoms with E-state index >= 15 is 0 Å². The first-order valence-electron chi connectivity index (χ1n) is 6.71. The van der Waals surface area contributed by atoms with Crippen molar-refractivity contribution in [3.63, 3.8) is 0 Å². The average molecular weight is 314 g/mol. The number of ether oxygens (including phenoxy) is 1. The maximum Gasteiger partial charge on any atom is 0.265 e. The largest absolute Gasteiger partial charge is 0.492 e. The molecule has 0 aliphatic carbocycles. The van der Waals surface area contributed by atoms with Crippen LogP contribution in [-0.4, -0.2) is 27.3 Å². The van der Waals surface area contributed by atoms with Crippen molar-refractivity contribution in [1.29, 1.82) is 0 Å². The number of nitrogens with zero attached hydrogens (tertiary/aromatic N) is 3. The van der Waals surface area contributed by atoms with Crippen LogP contribution in [0.1, 0.15) is 9.67 Å². The highest BCUT2D eigenvalue weighted by Crippen LogP contribution is 2.19. The maximum atomic E-state index is 12.0. The number of thiophene rings is 1. The zero-order valence-corrected chi connectivity index (χ0v) is 12.5. The number of anilines is 1. The summed E-state index contributed by atoms with van der Waals surface area (Å²) in [4.78, 5) is 16.5. The van der Waals surface area contributed by atoms with E-state index in [1.807, 2.05) is 29.6 Å². The Hall–Kier alpha value is -2.67. The van der Waals surface area contributed by atoms with E-state index in [2.05, 4.69) is 15.4 Å². The number of nitrogens with one attached hydrogen (secondary N) is 1. The van der Waals surface area contributed by atoms with E-state index in [0.29, 0.717) is 29.5 Å². The Labute approximate surface area is 131 Å². The first-order chi connectivity index (χ1) is 10.8. The summed E-state index contributed by atoms with van der Waals surface area (Å²) in [5.41, 5.74) is 0.705. The molecule has 1 aromatic carbocycles. The second-order valence-corrected chi connectivity index (χ2v) is 5.41. The zero-order valence-electron chi connectivity index (χ0n) is 11.7. The van der Waals surface area contributed by atoms with Crippen molar-refractivity contribution in [1.82, 2.24) is 14.8 Å². The van der Waals surface area contributed by atoms with Crippen LogP contribution in [-0.2, 0) is 6.54 Å². The molecule has 0 spiro atoms. The second-order valence-electron chi connectivity index (χ2n) is 4.47. The molecule has 3 aromatic rings. The summed E-state index contributed by atoms with van der Waals surface area (Å²) in [7, 11) is 0. The molecule has 22 heavy (non-hydrogen) atoms. The van der Waals surface area contributed by atoms with Gasteiger partial charge in [0.1, 0.15) is 25.0 Å². The van der Waals surface area contributed by atoms with E-state index in [1.54, 1.807) is 23.1 Å².